The van der Waals surface area contributed by atoms with Gasteiger partial charge in [0.25, 0.3) is 0 Å². The van der Waals surface area contributed by atoms with Crippen LogP contribution in [0.15, 0.2) is 54.6 Å². The molecule has 0 aliphatic carbocycles. The molecule has 1 unspecified atom stereocenters. The standard InChI is InChI=1S/C20H27NO/c1-4-17(2)21(15-14-18-8-6-5-7-9-18)16-19-10-12-20(22-3)13-11-19/h5-13,17H,4,14-16H2,1-3H3. The minimum atomic E-state index is 0.589. The second-order valence-corrected chi connectivity index (χ2v) is 5.81. The highest BCUT2D eigenvalue weighted by molar-refractivity contribution is 5.27. The molecule has 0 fully saturated rings. The number of nitrogens with zero attached hydrogens (tertiary/aromatic N) is 1. The molecule has 0 saturated heterocycles. The van der Waals surface area contributed by atoms with Crippen LogP contribution in [0, 0.1) is 0 Å². The van der Waals surface area contributed by atoms with Crippen LogP contribution < -0.4 is 4.74 Å². The Kier molecular flexibility index (Phi) is 6.47. The lowest BCUT2D eigenvalue weighted by atomic mass is 10.1. The van der Waals surface area contributed by atoms with E-state index in [4.69, 9.17) is 4.74 Å². The van der Waals surface area contributed by atoms with Crippen LogP contribution in [0.25, 0.3) is 0 Å². The third kappa shape index (κ3) is 4.88. The second-order valence-electron chi connectivity index (χ2n) is 5.81. The fourth-order valence-corrected chi connectivity index (χ4v) is 2.60. The maximum atomic E-state index is 5.23. The van der Waals surface area contributed by atoms with Gasteiger partial charge in [0.2, 0.25) is 0 Å². The zero-order chi connectivity index (χ0) is 15.8. The van der Waals surface area contributed by atoms with E-state index in [9.17, 15) is 0 Å². The largest absolute Gasteiger partial charge is 0.497 e. The Bertz CT molecular complexity index is 535. The van der Waals surface area contributed by atoms with Crippen LogP contribution >= 0.6 is 0 Å². The molecule has 0 aliphatic heterocycles. The monoisotopic (exact) mass is 297 g/mol. The van der Waals surface area contributed by atoms with E-state index >= 15 is 0 Å². The quantitative estimate of drug-likeness (QED) is 0.709. The van der Waals surface area contributed by atoms with Crippen molar-refractivity contribution in [3.8, 4) is 5.75 Å². The summed E-state index contributed by atoms with van der Waals surface area (Å²) in [5.74, 6) is 0.920. The minimum absolute atomic E-state index is 0.589. The molecule has 0 radical (unpaired) electrons. The van der Waals surface area contributed by atoms with Crippen LogP contribution in [-0.4, -0.2) is 24.6 Å². The van der Waals surface area contributed by atoms with Crippen molar-refractivity contribution in [3.63, 3.8) is 0 Å². The summed E-state index contributed by atoms with van der Waals surface area (Å²) in [6, 6.07) is 19.7. The molecule has 2 aromatic rings. The van der Waals surface area contributed by atoms with E-state index in [2.05, 4.69) is 61.2 Å². The highest BCUT2D eigenvalue weighted by Gasteiger charge is 2.12. The van der Waals surface area contributed by atoms with E-state index < -0.39 is 0 Å². The maximum absolute atomic E-state index is 5.23. The van der Waals surface area contributed by atoms with Gasteiger partial charge in [0.15, 0.2) is 0 Å². The molecule has 0 saturated carbocycles. The predicted molar refractivity (Wildman–Crippen MR) is 93.3 cm³/mol. The first-order valence-corrected chi connectivity index (χ1v) is 8.13. The number of ether oxygens (including phenoxy) is 1. The zero-order valence-electron chi connectivity index (χ0n) is 14.0. The Morgan fingerprint density at radius 1 is 0.955 bits per heavy atom. The second kappa shape index (κ2) is 8.60. The van der Waals surface area contributed by atoms with Crippen LogP contribution in [0.2, 0.25) is 0 Å². The lowest BCUT2D eigenvalue weighted by Crippen LogP contribution is -2.33. The molecule has 22 heavy (non-hydrogen) atoms. The van der Waals surface area contributed by atoms with Gasteiger partial charge in [0, 0.05) is 19.1 Å². The van der Waals surface area contributed by atoms with Crippen LogP contribution in [0.1, 0.15) is 31.4 Å². The Hall–Kier alpha value is -1.80. The van der Waals surface area contributed by atoms with Gasteiger partial charge in [-0.15, -0.1) is 0 Å². The van der Waals surface area contributed by atoms with Crippen LogP contribution in [0.4, 0.5) is 0 Å². The molecule has 1 atom stereocenters. The Morgan fingerprint density at radius 3 is 2.23 bits per heavy atom. The van der Waals surface area contributed by atoms with Crippen LogP contribution in [0.5, 0.6) is 5.75 Å². The van der Waals surface area contributed by atoms with Gasteiger partial charge in [-0.2, -0.15) is 0 Å². The Labute approximate surface area is 134 Å². The van der Waals surface area contributed by atoms with E-state index in [1.807, 2.05) is 12.1 Å². The van der Waals surface area contributed by atoms with E-state index in [1.54, 1.807) is 7.11 Å². The zero-order valence-corrected chi connectivity index (χ0v) is 14.0. The summed E-state index contributed by atoms with van der Waals surface area (Å²) in [6.45, 7) is 6.65. The average Bonchev–Trinajstić information content (AvgIpc) is 2.59. The SMILES string of the molecule is CCC(C)N(CCc1ccccc1)Cc1ccc(OC)cc1. The molecule has 0 heterocycles. The third-order valence-corrected chi connectivity index (χ3v) is 4.29. The Morgan fingerprint density at radius 2 is 1.64 bits per heavy atom. The molecule has 2 heteroatoms. The molecule has 0 spiro atoms. The van der Waals surface area contributed by atoms with Gasteiger partial charge in [0.05, 0.1) is 7.11 Å². The fourth-order valence-electron chi connectivity index (χ4n) is 2.60. The lowest BCUT2D eigenvalue weighted by Gasteiger charge is -2.28. The fraction of sp³-hybridized carbons (Fsp3) is 0.400. The maximum Gasteiger partial charge on any atom is 0.118 e. The van der Waals surface area contributed by atoms with Gasteiger partial charge in [0.1, 0.15) is 5.75 Å². The highest BCUT2D eigenvalue weighted by Crippen LogP contribution is 2.16. The van der Waals surface area contributed by atoms with Crippen molar-refractivity contribution in [2.75, 3.05) is 13.7 Å². The van der Waals surface area contributed by atoms with Gasteiger partial charge < -0.3 is 4.74 Å². The summed E-state index contributed by atoms with van der Waals surface area (Å²) in [4.78, 5) is 2.56. The molecule has 2 aromatic carbocycles. The molecular weight excluding hydrogens is 270 g/mol. The molecule has 0 amide bonds. The number of benzene rings is 2. The number of methoxy groups -OCH3 is 1. The number of hydrogen-bond acceptors (Lipinski definition) is 2. The van der Waals surface area contributed by atoms with Crippen molar-refractivity contribution in [1.82, 2.24) is 4.90 Å². The first-order chi connectivity index (χ1) is 10.7. The molecule has 0 bridgehead atoms. The van der Waals surface area contributed by atoms with Gasteiger partial charge >= 0.3 is 0 Å². The molecule has 0 aliphatic rings. The first kappa shape index (κ1) is 16.6. The van der Waals surface area contributed by atoms with E-state index in [1.165, 1.54) is 17.5 Å². The van der Waals surface area contributed by atoms with Crippen molar-refractivity contribution < 1.29 is 4.74 Å². The topological polar surface area (TPSA) is 12.5 Å². The van der Waals surface area contributed by atoms with Gasteiger partial charge in [-0.25, -0.2) is 0 Å². The van der Waals surface area contributed by atoms with Gasteiger partial charge in [-0.3, -0.25) is 4.90 Å². The summed E-state index contributed by atoms with van der Waals surface area (Å²) in [7, 11) is 1.71. The number of hydrogen-bond donors (Lipinski definition) is 0. The lowest BCUT2D eigenvalue weighted by molar-refractivity contribution is 0.197. The van der Waals surface area contributed by atoms with Crippen molar-refractivity contribution in [1.29, 1.82) is 0 Å². The first-order valence-electron chi connectivity index (χ1n) is 8.13. The van der Waals surface area contributed by atoms with Crippen LogP contribution in [0.3, 0.4) is 0 Å². The minimum Gasteiger partial charge on any atom is -0.497 e. The van der Waals surface area contributed by atoms with Crippen molar-refractivity contribution in [2.45, 2.75) is 39.3 Å². The highest BCUT2D eigenvalue weighted by atomic mass is 16.5. The molecule has 2 nitrogen and oxygen atoms in total. The third-order valence-electron chi connectivity index (χ3n) is 4.29. The summed E-state index contributed by atoms with van der Waals surface area (Å²) < 4.78 is 5.23. The van der Waals surface area contributed by atoms with Gasteiger partial charge in [-0.1, -0.05) is 49.4 Å². The average molecular weight is 297 g/mol. The Balaban J connectivity index is 1.99. The van der Waals surface area contributed by atoms with Crippen molar-refractivity contribution in [2.24, 2.45) is 0 Å². The summed E-state index contributed by atoms with van der Waals surface area (Å²) in [5, 5.41) is 0. The molecule has 118 valence electrons. The predicted octanol–water partition coefficient (Wildman–Crippen LogP) is 4.54. The number of rotatable bonds is 8. The van der Waals surface area contributed by atoms with Gasteiger partial charge in [-0.05, 0) is 43.0 Å². The van der Waals surface area contributed by atoms with E-state index in [0.29, 0.717) is 6.04 Å². The summed E-state index contributed by atoms with van der Waals surface area (Å²) in [6.07, 6.45) is 2.27. The van der Waals surface area contributed by atoms with E-state index in [-0.39, 0.29) is 0 Å². The molecule has 2 rings (SSSR count). The van der Waals surface area contributed by atoms with Crippen molar-refractivity contribution in [3.05, 3.63) is 65.7 Å². The van der Waals surface area contributed by atoms with Crippen LogP contribution in [-0.2, 0) is 13.0 Å². The van der Waals surface area contributed by atoms with E-state index in [0.717, 1.165) is 25.3 Å². The van der Waals surface area contributed by atoms with Crippen molar-refractivity contribution >= 4 is 0 Å². The normalized spacial score (nSPS) is 12.4. The molecule has 0 aromatic heterocycles. The molecule has 0 N–H and O–H groups in total. The summed E-state index contributed by atoms with van der Waals surface area (Å²) in [5.41, 5.74) is 2.75. The smallest absolute Gasteiger partial charge is 0.118 e. The molecular formula is C20H27NO. The summed E-state index contributed by atoms with van der Waals surface area (Å²) >= 11 is 0.